The molecule has 1 N–H and O–H groups in total. The molecule has 190 valence electrons. The number of ether oxygens (including phenoxy) is 3. The van der Waals surface area contributed by atoms with E-state index in [1.807, 2.05) is 55.5 Å². The lowest BCUT2D eigenvalue weighted by Crippen LogP contribution is -2.59. The number of carbonyl (C=O) groups is 2. The first kappa shape index (κ1) is 24.3. The predicted octanol–water partition coefficient (Wildman–Crippen LogP) is 1.80. The minimum absolute atomic E-state index is 0.0466. The minimum Gasteiger partial charge on any atom is -0.494 e. The van der Waals surface area contributed by atoms with Gasteiger partial charge in [-0.1, -0.05) is 18.2 Å². The van der Waals surface area contributed by atoms with E-state index in [1.165, 1.54) is 0 Å². The van der Waals surface area contributed by atoms with Crippen molar-refractivity contribution in [3.05, 3.63) is 59.7 Å². The number of morpholine rings is 1. The largest absolute Gasteiger partial charge is 0.494 e. The Hall–Kier alpha value is -3.43. The van der Waals surface area contributed by atoms with E-state index in [2.05, 4.69) is 0 Å². The molecule has 0 saturated carbocycles. The van der Waals surface area contributed by atoms with Gasteiger partial charge in [0.2, 0.25) is 11.8 Å². The first-order valence-electron chi connectivity index (χ1n) is 12.4. The summed E-state index contributed by atoms with van der Waals surface area (Å²) in [4.78, 5) is 35.3. The number of carbonyl (C=O) groups excluding carboxylic acids is 2. The molecule has 0 bridgehead atoms. The molecular weight excluding hydrogens is 462 g/mol. The van der Waals surface area contributed by atoms with Crippen LogP contribution in [0.15, 0.2) is 53.5 Å². The van der Waals surface area contributed by atoms with Crippen LogP contribution < -0.4 is 9.64 Å². The van der Waals surface area contributed by atoms with Gasteiger partial charge in [0.1, 0.15) is 18.4 Å². The lowest BCUT2D eigenvalue weighted by atomic mass is 9.81. The Labute approximate surface area is 210 Å². The van der Waals surface area contributed by atoms with Gasteiger partial charge in [-0.25, -0.2) is 4.99 Å². The van der Waals surface area contributed by atoms with Crippen molar-refractivity contribution in [2.45, 2.75) is 31.4 Å². The third-order valence-electron chi connectivity index (χ3n) is 6.95. The fraction of sp³-hybridized carbons (Fsp3) is 0.444. The first-order valence-corrected chi connectivity index (χ1v) is 12.4. The Morgan fingerprint density at radius 3 is 2.67 bits per heavy atom. The zero-order valence-electron chi connectivity index (χ0n) is 20.4. The van der Waals surface area contributed by atoms with Gasteiger partial charge in [-0.3, -0.25) is 9.59 Å². The molecule has 2 atom stereocenters. The normalized spacial score (nSPS) is 23.3. The van der Waals surface area contributed by atoms with Crippen molar-refractivity contribution in [2.75, 3.05) is 51.0 Å². The predicted molar refractivity (Wildman–Crippen MR) is 133 cm³/mol. The molecule has 0 radical (unpaired) electrons. The zero-order chi connectivity index (χ0) is 25.1. The number of fused-ring (bicyclic) bond motifs is 1. The van der Waals surface area contributed by atoms with Gasteiger partial charge in [-0.2, -0.15) is 0 Å². The minimum atomic E-state index is -1.15. The molecule has 36 heavy (non-hydrogen) atoms. The summed E-state index contributed by atoms with van der Waals surface area (Å²) in [6.45, 7) is 4.37. The molecule has 1 spiro atoms. The second-order valence-corrected chi connectivity index (χ2v) is 9.24. The van der Waals surface area contributed by atoms with Crippen LogP contribution >= 0.6 is 0 Å². The topological polar surface area (TPSA) is 101 Å². The van der Waals surface area contributed by atoms with E-state index in [-0.39, 0.29) is 25.0 Å². The van der Waals surface area contributed by atoms with E-state index in [4.69, 9.17) is 24.3 Å². The van der Waals surface area contributed by atoms with Gasteiger partial charge in [0.05, 0.1) is 19.8 Å². The standard InChI is InChI=1S/C27H31N3O6/c1-19-27(28-25(36-19)20-7-9-22(10-8-20)35-14-4-13-31)17-21-5-2-3-6-23(21)30(26(27)33)18-24(32)29-11-15-34-16-12-29/h2-3,5-10,19,31H,4,11-18H2,1H3/t19-,27-/m1/s1. The number of para-hydroxylation sites is 1. The Kier molecular flexibility index (Phi) is 6.93. The summed E-state index contributed by atoms with van der Waals surface area (Å²) in [5.74, 6) is 0.751. The summed E-state index contributed by atoms with van der Waals surface area (Å²) in [6.07, 6.45) is 0.457. The summed E-state index contributed by atoms with van der Waals surface area (Å²) in [5, 5.41) is 8.92. The maximum atomic E-state index is 14.0. The van der Waals surface area contributed by atoms with Crippen molar-refractivity contribution >= 4 is 23.4 Å². The highest BCUT2D eigenvalue weighted by molar-refractivity contribution is 6.10. The SMILES string of the molecule is C[C@H]1OC(c2ccc(OCCCO)cc2)=N[C@]12Cc1ccccc1N(CC(=O)N1CCOCC1)C2=O. The van der Waals surface area contributed by atoms with E-state index in [0.29, 0.717) is 57.4 Å². The van der Waals surface area contributed by atoms with Gasteiger partial charge in [-0.05, 0) is 42.8 Å². The molecule has 3 aliphatic heterocycles. The number of anilines is 1. The van der Waals surface area contributed by atoms with Crippen LogP contribution in [-0.2, 0) is 25.5 Å². The molecule has 2 aromatic rings. The molecule has 0 aliphatic carbocycles. The Bertz CT molecular complexity index is 1140. The molecule has 0 unspecified atom stereocenters. The van der Waals surface area contributed by atoms with Gasteiger partial charge in [-0.15, -0.1) is 0 Å². The summed E-state index contributed by atoms with van der Waals surface area (Å²) < 4.78 is 17.1. The second-order valence-electron chi connectivity index (χ2n) is 9.24. The molecule has 3 aliphatic rings. The summed E-state index contributed by atoms with van der Waals surface area (Å²) >= 11 is 0. The lowest BCUT2D eigenvalue weighted by Gasteiger charge is -2.40. The molecule has 2 amide bonds. The smallest absolute Gasteiger partial charge is 0.259 e. The van der Waals surface area contributed by atoms with E-state index < -0.39 is 11.6 Å². The van der Waals surface area contributed by atoms with Crippen molar-refractivity contribution in [2.24, 2.45) is 4.99 Å². The van der Waals surface area contributed by atoms with Crippen molar-refractivity contribution < 1.29 is 28.9 Å². The van der Waals surface area contributed by atoms with E-state index in [0.717, 1.165) is 16.8 Å². The highest BCUT2D eigenvalue weighted by Gasteiger charge is 2.55. The van der Waals surface area contributed by atoms with Gasteiger partial charge in [0.25, 0.3) is 5.91 Å². The maximum absolute atomic E-state index is 14.0. The fourth-order valence-corrected chi connectivity index (χ4v) is 4.89. The van der Waals surface area contributed by atoms with Crippen LogP contribution in [0.3, 0.4) is 0 Å². The zero-order valence-corrected chi connectivity index (χ0v) is 20.4. The maximum Gasteiger partial charge on any atom is 0.259 e. The van der Waals surface area contributed by atoms with Gasteiger partial charge < -0.3 is 29.1 Å². The van der Waals surface area contributed by atoms with Crippen LogP contribution in [0, 0.1) is 0 Å². The number of benzene rings is 2. The molecular formula is C27H31N3O6. The van der Waals surface area contributed by atoms with Crippen LogP contribution in [0.2, 0.25) is 0 Å². The van der Waals surface area contributed by atoms with Crippen molar-refractivity contribution in [3.63, 3.8) is 0 Å². The third-order valence-corrected chi connectivity index (χ3v) is 6.95. The second kappa shape index (κ2) is 10.3. The number of aliphatic imine (C=N–C) groups is 1. The van der Waals surface area contributed by atoms with Crippen LogP contribution in [0.25, 0.3) is 0 Å². The first-order chi connectivity index (χ1) is 17.5. The summed E-state index contributed by atoms with van der Waals surface area (Å²) in [7, 11) is 0. The number of rotatable bonds is 7. The van der Waals surface area contributed by atoms with Crippen molar-refractivity contribution in [1.82, 2.24) is 4.90 Å². The average molecular weight is 494 g/mol. The van der Waals surface area contributed by atoms with E-state index >= 15 is 0 Å². The van der Waals surface area contributed by atoms with Gasteiger partial charge in [0.15, 0.2) is 5.54 Å². The van der Waals surface area contributed by atoms with Crippen molar-refractivity contribution in [3.8, 4) is 5.75 Å². The monoisotopic (exact) mass is 493 g/mol. The number of amides is 2. The third kappa shape index (κ3) is 4.56. The molecule has 9 nitrogen and oxygen atoms in total. The Balaban J connectivity index is 1.42. The van der Waals surface area contributed by atoms with Crippen LogP contribution in [0.4, 0.5) is 5.69 Å². The Morgan fingerprint density at radius 1 is 1.17 bits per heavy atom. The molecule has 1 saturated heterocycles. The molecule has 5 rings (SSSR count). The van der Waals surface area contributed by atoms with E-state index in [1.54, 1.807) is 9.80 Å². The molecule has 0 aromatic heterocycles. The number of hydrogen-bond acceptors (Lipinski definition) is 7. The highest BCUT2D eigenvalue weighted by atomic mass is 16.5. The molecule has 1 fully saturated rings. The molecule has 3 heterocycles. The molecule has 9 heteroatoms. The fourth-order valence-electron chi connectivity index (χ4n) is 4.89. The quantitative estimate of drug-likeness (QED) is 0.591. The number of nitrogens with zero attached hydrogens (tertiary/aromatic N) is 3. The average Bonchev–Trinajstić information content (AvgIpc) is 3.24. The van der Waals surface area contributed by atoms with Crippen LogP contribution in [0.5, 0.6) is 5.75 Å². The molecule has 2 aromatic carbocycles. The summed E-state index contributed by atoms with van der Waals surface area (Å²) in [6, 6.07) is 15.0. The van der Waals surface area contributed by atoms with Crippen molar-refractivity contribution in [1.29, 1.82) is 0 Å². The highest BCUT2D eigenvalue weighted by Crippen LogP contribution is 2.41. The van der Waals surface area contributed by atoms with Gasteiger partial charge in [0, 0.05) is 43.8 Å². The van der Waals surface area contributed by atoms with Crippen LogP contribution in [-0.4, -0.2) is 85.4 Å². The Morgan fingerprint density at radius 2 is 1.92 bits per heavy atom. The van der Waals surface area contributed by atoms with E-state index in [9.17, 15) is 9.59 Å². The number of hydrogen-bond donors (Lipinski definition) is 1. The van der Waals surface area contributed by atoms with Gasteiger partial charge >= 0.3 is 0 Å². The number of aliphatic hydroxyl groups is 1. The van der Waals surface area contributed by atoms with Crippen LogP contribution in [0.1, 0.15) is 24.5 Å². The lowest BCUT2D eigenvalue weighted by molar-refractivity contribution is -0.136. The number of aliphatic hydroxyl groups excluding tert-OH is 1. The summed E-state index contributed by atoms with van der Waals surface area (Å²) in [5.41, 5.74) is 1.30.